The molecule has 0 fully saturated rings. The van der Waals surface area contributed by atoms with Gasteiger partial charge in [0.05, 0.1) is 18.4 Å². The Bertz CT molecular complexity index is 1040. The van der Waals surface area contributed by atoms with Crippen molar-refractivity contribution >= 4 is 23.6 Å². The lowest BCUT2D eigenvalue weighted by Gasteiger charge is -2.10. The van der Waals surface area contributed by atoms with Gasteiger partial charge in [0.15, 0.2) is 6.61 Å². The molecule has 0 bridgehead atoms. The summed E-state index contributed by atoms with van der Waals surface area (Å²) in [5.74, 6) is 1.17. The highest BCUT2D eigenvalue weighted by molar-refractivity contribution is 7.98. The fourth-order valence-corrected chi connectivity index (χ4v) is 4.06. The quantitative estimate of drug-likeness (QED) is 0.396. The number of nitrogens with zero attached hydrogens (tertiary/aromatic N) is 1. The summed E-state index contributed by atoms with van der Waals surface area (Å²) < 4.78 is 15.6. The van der Waals surface area contributed by atoms with Crippen LogP contribution in [0.25, 0.3) is 0 Å². The average Bonchev–Trinajstić information content (AvgIpc) is 3.12. The van der Waals surface area contributed by atoms with Crippen LogP contribution in [0.3, 0.4) is 0 Å². The number of methoxy groups -OCH3 is 1. The molecule has 3 rings (SSSR count). The lowest BCUT2D eigenvalue weighted by atomic mass is 10.2. The summed E-state index contributed by atoms with van der Waals surface area (Å²) in [4.78, 5) is 25.4. The maximum Gasteiger partial charge on any atom is 0.339 e. The second-order valence-corrected chi connectivity index (χ2v) is 7.81. The first-order valence-electron chi connectivity index (χ1n) is 9.68. The predicted octanol–water partition coefficient (Wildman–Crippen LogP) is 4.07. The number of hydrogen-bond donors (Lipinski definition) is 1. The van der Waals surface area contributed by atoms with Crippen LogP contribution in [0.1, 0.15) is 32.9 Å². The largest absolute Gasteiger partial charge is 0.497 e. The molecule has 7 nitrogen and oxygen atoms in total. The number of rotatable bonds is 9. The molecule has 0 aliphatic heterocycles. The van der Waals surface area contributed by atoms with Crippen molar-refractivity contribution in [3.63, 3.8) is 0 Å². The number of hydrogen-bond acceptors (Lipinski definition) is 7. The molecular formula is C23H24N2O5S. The Balaban J connectivity index is 1.53. The average molecular weight is 441 g/mol. The lowest BCUT2D eigenvalue weighted by molar-refractivity contribution is -0.124. The Morgan fingerprint density at radius 1 is 1.13 bits per heavy atom. The van der Waals surface area contributed by atoms with E-state index in [1.165, 1.54) is 11.8 Å². The SMILES string of the molecule is COc1cccc(CNC(=O)COC(=O)c2ccccc2SCc2c(C)noc2C)c1. The Morgan fingerprint density at radius 3 is 2.68 bits per heavy atom. The van der Waals surface area contributed by atoms with Crippen molar-refractivity contribution in [3.05, 3.63) is 76.7 Å². The van der Waals surface area contributed by atoms with Crippen LogP contribution in [-0.2, 0) is 21.8 Å². The van der Waals surface area contributed by atoms with Crippen molar-refractivity contribution in [1.29, 1.82) is 0 Å². The maximum atomic E-state index is 12.6. The summed E-state index contributed by atoms with van der Waals surface area (Å²) in [7, 11) is 1.58. The second kappa shape index (κ2) is 10.7. The maximum absolute atomic E-state index is 12.6. The molecule has 1 heterocycles. The number of aromatic nitrogens is 1. The van der Waals surface area contributed by atoms with Crippen LogP contribution < -0.4 is 10.1 Å². The smallest absolute Gasteiger partial charge is 0.339 e. The van der Waals surface area contributed by atoms with Crippen molar-refractivity contribution in [2.75, 3.05) is 13.7 Å². The summed E-state index contributed by atoms with van der Waals surface area (Å²) in [6.45, 7) is 3.71. The van der Waals surface area contributed by atoms with Crippen molar-refractivity contribution in [1.82, 2.24) is 10.5 Å². The number of benzene rings is 2. The van der Waals surface area contributed by atoms with Gasteiger partial charge in [0.1, 0.15) is 11.5 Å². The molecule has 2 aromatic carbocycles. The van der Waals surface area contributed by atoms with Gasteiger partial charge in [0, 0.05) is 22.8 Å². The van der Waals surface area contributed by atoms with Gasteiger partial charge in [-0.1, -0.05) is 29.4 Å². The number of esters is 1. The number of thioether (sulfide) groups is 1. The summed E-state index contributed by atoms with van der Waals surface area (Å²) in [6.07, 6.45) is 0. The van der Waals surface area contributed by atoms with Gasteiger partial charge in [-0.15, -0.1) is 11.8 Å². The van der Waals surface area contributed by atoms with E-state index in [0.717, 1.165) is 27.5 Å². The fourth-order valence-electron chi connectivity index (χ4n) is 2.86. The Hall–Kier alpha value is -3.26. The monoisotopic (exact) mass is 440 g/mol. The zero-order valence-corrected chi connectivity index (χ0v) is 18.5. The molecule has 0 spiro atoms. The predicted molar refractivity (Wildman–Crippen MR) is 117 cm³/mol. The van der Waals surface area contributed by atoms with Gasteiger partial charge in [-0.25, -0.2) is 4.79 Å². The van der Waals surface area contributed by atoms with E-state index >= 15 is 0 Å². The van der Waals surface area contributed by atoms with Gasteiger partial charge < -0.3 is 19.3 Å². The molecule has 3 aromatic rings. The van der Waals surface area contributed by atoms with E-state index in [0.29, 0.717) is 23.6 Å². The van der Waals surface area contributed by atoms with Gasteiger partial charge in [-0.2, -0.15) is 0 Å². The van der Waals surface area contributed by atoms with Crippen molar-refractivity contribution in [3.8, 4) is 5.75 Å². The highest BCUT2D eigenvalue weighted by Gasteiger charge is 2.16. The first-order chi connectivity index (χ1) is 15.0. The third kappa shape index (κ3) is 6.11. The molecule has 1 aromatic heterocycles. The van der Waals surface area contributed by atoms with Crippen LogP contribution in [0.15, 0.2) is 57.9 Å². The van der Waals surface area contributed by atoms with E-state index < -0.39 is 5.97 Å². The van der Waals surface area contributed by atoms with E-state index in [-0.39, 0.29) is 12.5 Å². The van der Waals surface area contributed by atoms with Gasteiger partial charge in [0.2, 0.25) is 0 Å². The first-order valence-corrected chi connectivity index (χ1v) is 10.7. The number of ether oxygens (including phenoxy) is 2. The van der Waals surface area contributed by atoms with Crippen LogP contribution in [0, 0.1) is 13.8 Å². The minimum Gasteiger partial charge on any atom is -0.497 e. The first kappa shape index (κ1) is 22.4. The van der Waals surface area contributed by atoms with E-state index in [4.69, 9.17) is 14.0 Å². The number of carbonyl (C=O) groups excluding carboxylic acids is 2. The third-order valence-corrected chi connectivity index (χ3v) is 5.72. The van der Waals surface area contributed by atoms with E-state index in [1.807, 2.05) is 50.2 Å². The van der Waals surface area contributed by atoms with Crippen molar-refractivity contribution in [2.24, 2.45) is 0 Å². The number of aryl methyl sites for hydroxylation is 2. The van der Waals surface area contributed by atoms with Gasteiger partial charge in [-0.05, 0) is 43.7 Å². The summed E-state index contributed by atoms with van der Waals surface area (Å²) in [5, 5.41) is 6.69. The molecule has 8 heteroatoms. The summed E-state index contributed by atoms with van der Waals surface area (Å²) >= 11 is 1.49. The van der Waals surface area contributed by atoms with Crippen LogP contribution in [0.5, 0.6) is 5.75 Å². The minimum atomic E-state index is -0.543. The van der Waals surface area contributed by atoms with E-state index in [2.05, 4.69) is 10.5 Å². The summed E-state index contributed by atoms with van der Waals surface area (Å²) in [5.41, 5.74) is 3.14. The van der Waals surface area contributed by atoms with Crippen molar-refractivity contribution in [2.45, 2.75) is 31.0 Å². The lowest BCUT2D eigenvalue weighted by Crippen LogP contribution is -2.28. The highest BCUT2D eigenvalue weighted by Crippen LogP contribution is 2.29. The normalized spacial score (nSPS) is 10.5. The molecule has 162 valence electrons. The molecule has 0 radical (unpaired) electrons. The Kier molecular flexibility index (Phi) is 7.72. The Morgan fingerprint density at radius 2 is 1.94 bits per heavy atom. The number of nitrogens with one attached hydrogen (secondary N) is 1. The molecule has 0 aliphatic rings. The van der Waals surface area contributed by atoms with Gasteiger partial charge in [-0.3, -0.25) is 4.79 Å². The van der Waals surface area contributed by atoms with Crippen LogP contribution in [0.2, 0.25) is 0 Å². The summed E-state index contributed by atoms with van der Waals surface area (Å²) in [6, 6.07) is 14.5. The topological polar surface area (TPSA) is 90.7 Å². The third-order valence-electron chi connectivity index (χ3n) is 4.62. The minimum absolute atomic E-state index is 0.317. The van der Waals surface area contributed by atoms with E-state index in [9.17, 15) is 9.59 Å². The van der Waals surface area contributed by atoms with Gasteiger partial charge in [0.25, 0.3) is 5.91 Å². The van der Waals surface area contributed by atoms with E-state index in [1.54, 1.807) is 19.2 Å². The zero-order valence-electron chi connectivity index (χ0n) is 17.6. The zero-order chi connectivity index (χ0) is 22.2. The molecular weight excluding hydrogens is 416 g/mol. The molecule has 1 N–H and O–H groups in total. The molecule has 31 heavy (non-hydrogen) atoms. The fraction of sp³-hybridized carbons (Fsp3) is 0.261. The molecule has 0 unspecified atom stereocenters. The van der Waals surface area contributed by atoms with Crippen LogP contribution >= 0.6 is 11.8 Å². The molecule has 1 amide bonds. The highest BCUT2D eigenvalue weighted by atomic mass is 32.2. The standard InChI is InChI=1S/C23H24N2O5S/c1-15-20(16(2)30-25-15)14-31-21-10-5-4-9-19(21)23(27)29-13-22(26)24-12-17-7-6-8-18(11-17)28-3/h4-11H,12-14H2,1-3H3,(H,24,26). The molecule has 0 saturated carbocycles. The molecule has 0 aliphatic carbocycles. The van der Waals surface area contributed by atoms with Crippen LogP contribution in [-0.4, -0.2) is 30.7 Å². The Labute approximate surface area is 185 Å². The number of amides is 1. The number of carbonyl (C=O) groups is 2. The second-order valence-electron chi connectivity index (χ2n) is 6.79. The van der Waals surface area contributed by atoms with Crippen LogP contribution in [0.4, 0.5) is 0 Å². The van der Waals surface area contributed by atoms with Gasteiger partial charge >= 0.3 is 5.97 Å². The molecule has 0 saturated heterocycles. The molecule has 0 atom stereocenters. The van der Waals surface area contributed by atoms with Crippen molar-refractivity contribution < 1.29 is 23.6 Å².